The molecule has 1 unspecified atom stereocenters. The normalized spacial score (nSPS) is 37.4. The fraction of sp³-hybridized carbons (Fsp3) is 0.923. The molecule has 1 atom stereocenters. The largest absolute Gasteiger partial charge is 0.359 e. The van der Waals surface area contributed by atoms with Crippen LogP contribution in [-0.2, 0) is 0 Å². The van der Waals surface area contributed by atoms with Gasteiger partial charge in [-0.15, -0.1) is 0 Å². The fourth-order valence-electron chi connectivity index (χ4n) is 2.64. The third kappa shape index (κ3) is 3.57. The minimum absolute atomic E-state index is 0.384. The van der Waals surface area contributed by atoms with Crippen LogP contribution in [0.15, 0.2) is 4.99 Å². The van der Waals surface area contributed by atoms with Gasteiger partial charge in [-0.05, 0) is 44.8 Å². The quantitative estimate of drug-likeness (QED) is 0.852. The van der Waals surface area contributed by atoms with Gasteiger partial charge in [-0.3, -0.25) is 4.99 Å². The van der Waals surface area contributed by atoms with E-state index in [0.29, 0.717) is 11.6 Å². The summed E-state index contributed by atoms with van der Waals surface area (Å²) in [5, 5.41) is 4.92. The lowest BCUT2D eigenvalue weighted by atomic mass is 9.78. The van der Waals surface area contributed by atoms with E-state index in [1.807, 2.05) is 23.5 Å². The van der Waals surface area contributed by atoms with Crippen LogP contribution >= 0.6 is 23.5 Å². The topological polar surface area (TPSA) is 24.4 Å². The molecule has 1 aliphatic carbocycles. The third-order valence-electron chi connectivity index (χ3n) is 3.83. The Morgan fingerprint density at radius 3 is 2.88 bits per heavy atom. The van der Waals surface area contributed by atoms with Crippen LogP contribution in [-0.4, -0.2) is 34.5 Å². The Bertz CT molecular complexity index is 283. The maximum atomic E-state index is 4.78. The average molecular weight is 272 g/mol. The number of aliphatic imine (C=N–C) groups is 1. The lowest BCUT2D eigenvalue weighted by molar-refractivity contribution is 0.250. The maximum Gasteiger partial charge on any atom is 0.157 e. The highest BCUT2D eigenvalue weighted by atomic mass is 32.2. The van der Waals surface area contributed by atoms with Crippen LogP contribution < -0.4 is 5.32 Å². The van der Waals surface area contributed by atoms with Crippen molar-refractivity contribution in [2.24, 2.45) is 10.9 Å². The number of hydrogen-bond acceptors (Lipinski definition) is 3. The van der Waals surface area contributed by atoms with Crippen molar-refractivity contribution in [2.45, 2.75) is 51.1 Å². The van der Waals surface area contributed by atoms with Crippen LogP contribution in [0.2, 0.25) is 0 Å². The molecule has 1 aliphatic heterocycles. The van der Waals surface area contributed by atoms with Crippen molar-refractivity contribution in [3.8, 4) is 0 Å². The lowest BCUT2D eigenvalue weighted by Crippen LogP contribution is -2.46. The van der Waals surface area contributed by atoms with Crippen molar-refractivity contribution in [3.05, 3.63) is 0 Å². The predicted octanol–water partition coefficient (Wildman–Crippen LogP) is 3.38. The molecule has 4 heteroatoms. The second kappa shape index (κ2) is 5.87. The molecule has 1 heterocycles. The second-order valence-corrected chi connectivity index (χ2v) is 7.49. The van der Waals surface area contributed by atoms with Gasteiger partial charge in [-0.25, -0.2) is 0 Å². The number of hydrogen-bond donors (Lipinski definition) is 1. The highest BCUT2D eigenvalue weighted by molar-refractivity contribution is 8.14. The van der Waals surface area contributed by atoms with Gasteiger partial charge in [0, 0.05) is 17.0 Å². The van der Waals surface area contributed by atoms with Gasteiger partial charge in [-0.1, -0.05) is 18.7 Å². The molecule has 1 saturated carbocycles. The summed E-state index contributed by atoms with van der Waals surface area (Å²) in [5.74, 6) is 3.27. The number of amidine groups is 1. The molecule has 2 rings (SSSR count). The van der Waals surface area contributed by atoms with Gasteiger partial charge in [0.15, 0.2) is 5.17 Å². The van der Waals surface area contributed by atoms with E-state index in [2.05, 4.69) is 25.4 Å². The van der Waals surface area contributed by atoms with Gasteiger partial charge >= 0.3 is 0 Å². The predicted molar refractivity (Wildman–Crippen MR) is 81.2 cm³/mol. The van der Waals surface area contributed by atoms with Gasteiger partial charge in [0.2, 0.25) is 0 Å². The summed E-state index contributed by atoms with van der Waals surface area (Å²) in [7, 11) is 0. The van der Waals surface area contributed by atoms with Gasteiger partial charge in [0.05, 0.1) is 6.04 Å². The first-order valence-corrected chi connectivity index (χ1v) is 8.99. The number of nitrogens with zero attached hydrogens (tertiary/aromatic N) is 1. The molecule has 1 saturated heterocycles. The summed E-state index contributed by atoms with van der Waals surface area (Å²) in [5.41, 5.74) is 0.384. The van der Waals surface area contributed by atoms with E-state index >= 15 is 0 Å². The summed E-state index contributed by atoms with van der Waals surface area (Å²) in [4.78, 5) is 4.78. The average Bonchev–Trinajstić information content (AvgIpc) is 2.67. The zero-order valence-electron chi connectivity index (χ0n) is 11.2. The standard InChI is InChI=1S/C13H24N2S2/c1-10-4-6-13(7-5-10)9-17-12(15-13)14-11(2)8-16-3/h10-11H,4-9H2,1-3H3,(H,14,15). The van der Waals surface area contributed by atoms with Crippen LogP contribution in [0.3, 0.4) is 0 Å². The summed E-state index contributed by atoms with van der Waals surface area (Å²) >= 11 is 3.81. The monoisotopic (exact) mass is 272 g/mol. The van der Waals surface area contributed by atoms with Crippen LogP contribution in [0.1, 0.15) is 39.5 Å². The van der Waals surface area contributed by atoms with Crippen LogP contribution in [0.5, 0.6) is 0 Å². The van der Waals surface area contributed by atoms with Crippen molar-refractivity contribution in [2.75, 3.05) is 17.8 Å². The molecule has 2 aliphatic rings. The van der Waals surface area contributed by atoms with Gasteiger partial charge in [0.25, 0.3) is 0 Å². The highest BCUT2D eigenvalue weighted by Gasteiger charge is 2.39. The third-order valence-corrected chi connectivity index (χ3v) is 5.83. The second-order valence-electron chi connectivity index (χ2n) is 5.62. The molecule has 17 heavy (non-hydrogen) atoms. The van der Waals surface area contributed by atoms with Gasteiger partial charge in [0.1, 0.15) is 0 Å². The molecule has 0 aromatic carbocycles. The molecule has 0 aromatic rings. The van der Waals surface area contributed by atoms with E-state index in [1.54, 1.807) is 0 Å². The Labute approximate surface area is 114 Å². The van der Waals surface area contributed by atoms with Crippen LogP contribution in [0, 0.1) is 5.92 Å². The molecule has 0 bridgehead atoms. The minimum atomic E-state index is 0.384. The molecule has 1 N–H and O–H groups in total. The Morgan fingerprint density at radius 2 is 2.24 bits per heavy atom. The van der Waals surface area contributed by atoms with Crippen molar-refractivity contribution < 1.29 is 0 Å². The van der Waals surface area contributed by atoms with Crippen LogP contribution in [0.25, 0.3) is 0 Å². The lowest BCUT2D eigenvalue weighted by Gasteiger charge is -2.35. The SMILES string of the molecule is CSCC(C)N=C1NC2(CCC(C)CC2)CS1. The molecule has 2 nitrogen and oxygen atoms in total. The number of rotatable bonds is 3. The first kappa shape index (κ1) is 13.6. The van der Waals surface area contributed by atoms with E-state index in [0.717, 1.165) is 11.7 Å². The molecule has 0 aromatic heterocycles. The van der Waals surface area contributed by atoms with Gasteiger partial charge in [-0.2, -0.15) is 11.8 Å². The number of thioether (sulfide) groups is 2. The maximum absolute atomic E-state index is 4.78. The Balaban J connectivity index is 1.90. The molecule has 1 spiro atoms. The first-order chi connectivity index (χ1) is 8.13. The van der Waals surface area contributed by atoms with E-state index in [4.69, 9.17) is 4.99 Å². The molecule has 98 valence electrons. The van der Waals surface area contributed by atoms with Crippen molar-refractivity contribution in [1.29, 1.82) is 0 Å². The summed E-state index contributed by atoms with van der Waals surface area (Å²) < 4.78 is 0. The molecular formula is C13H24N2S2. The Hall–Kier alpha value is 0.170. The zero-order valence-corrected chi connectivity index (χ0v) is 12.8. The summed E-state index contributed by atoms with van der Waals surface area (Å²) in [6.45, 7) is 4.59. The summed E-state index contributed by atoms with van der Waals surface area (Å²) in [6.07, 6.45) is 7.56. The Kier molecular flexibility index (Phi) is 4.70. The summed E-state index contributed by atoms with van der Waals surface area (Å²) in [6, 6.07) is 0.442. The molecule has 0 amide bonds. The highest BCUT2D eigenvalue weighted by Crippen LogP contribution is 2.38. The minimum Gasteiger partial charge on any atom is -0.359 e. The molecular weight excluding hydrogens is 248 g/mol. The van der Waals surface area contributed by atoms with Gasteiger partial charge < -0.3 is 5.32 Å². The van der Waals surface area contributed by atoms with Crippen molar-refractivity contribution in [1.82, 2.24) is 5.32 Å². The zero-order chi connectivity index (χ0) is 12.3. The smallest absolute Gasteiger partial charge is 0.157 e. The van der Waals surface area contributed by atoms with Crippen LogP contribution in [0.4, 0.5) is 0 Å². The molecule has 0 radical (unpaired) electrons. The number of nitrogens with one attached hydrogen (secondary N) is 1. The molecule has 2 fully saturated rings. The first-order valence-electron chi connectivity index (χ1n) is 6.61. The van der Waals surface area contributed by atoms with E-state index in [9.17, 15) is 0 Å². The van der Waals surface area contributed by atoms with E-state index in [-0.39, 0.29) is 0 Å². The van der Waals surface area contributed by atoms with Crippen molar-refractivity contribution >= 4 is 28.7 Å². The Morgan fingerprint density at radius 1 is 1.53 bits per heavy atom. The fourth-order valence-corrected chi connectivity index (χ4v) is 4.51. The van der Waals surface area contributed by atoms with Crippen molar-refractivity contribution in [3.63, 3.8) is 0 Å². The van der Waals surface area contributed by atoms with E-state index in [1.165, 1.54) is 36.6 Å². The van der Waals surface area contributed by atoms with E-state index < -0.39 is 0 Å².